The zero-order valence-electron chi connectivity index (χ0n) is 12.5. The van der Waals surface area contributed by atoms with Crippen LogP contribution < -0.4 is 5.32 Å². The highest BCUT2D eigenvalue weighted by Crippen LogP contribution is 2.15. The molecule has 0 aliphatic heterocycles. The van der Waals surface area contributed by atoms with Gasteiger partial charge < -0.3 is 15.0 Å². The third-order valence-corrected chi connectivity index (χ3v) is 3.49. The molecule has 0 unspecified atom stereocenters. The number of ether oxygens (including phenoxy) is 1. The second kappa shape index (κ2) is 11.2. The van der Waals surface area contributed by atoms with Crippen LogP contribution in [0.15, 0.2) is 34.2 Å². The molecule has 20 heavy (non-hydrogen) atoms. The van der Waals surface area contributed by atoms with E-state index in [-0.39, 0.29) is 24.0 Å². The number of methoxy groups -OCH3 is 1. The highest BCUT2D eigenvalue weighted by Gasteiger charge is 2.05. The Balaban J connectivity index is 0.00000361. The van der Waals surface area contributed by atoms with Crippen LogP contribution in [0.25, 0.3) is 0 Å². The van der Waals surface area contributed by atoms with Crippen LogP contribution >= 0.6 is 35.7 Å². The van der Waals surface area contributed by atoms with E-state index in [9.17, 15) is 0 Å². The second-order valence-electron chi connectivity index (χ2n) is 4.17. The molecule has 0 radical (unpaired) electrons. The summed E-state index contributed by atoms with van der Waals surface area (Å²) in [5.74, 6) is 0.881. The molecule has 0 fully saturated rings. The Hall–Kier alpha value is -0.470. The molecule has 1 rings (SSSR count). The third-order valence-electron chi connectivity index (χ3n) is 2.74. The van der Waals surface area contributed by atoms with Crippen molar-refractivity contribution in [1.82, 2.24) is 10.2 Å². The molecule has 0 saturated heterocycles. The Morgan fingerprint density at radius 2 is 2.00 bits per heavy atom. The quantitative estimate of drug-likeness (QED) is 0.258. The average molecular weight is 409 g/mol. The minimum atomic E-state index is 0. The van der Waals surface area contributed by atoms with Crippen LogP contribution in [0.1, 0.15) is 5.56 Å². The van der Waals surface area contributed by atoms with Crippen molar-refractivity contribution in [2.75, 3.05) is 40.6 Å². The molecular weight excluding hydrogens is 385 g/mol. The molecule has 6 heteroatoms. The van der Waals surface area contributed by atoms with E-state index in [1.807, 2.05) is 7.05 Å². The van der Waals surface area contributed by atoms with Crippen molar-refractivity contribution in [2.45, 2.75) is 11.4 Å². The van der Waals surface area contributed by atoms with Gasteiger partial charge in [0.25, 0.3) is 0 Å². The van der Waals surface area contributed by atoms with Crippen molar-refractivity contribution < 1.29 is 4.74 Å². The summed E-state index contributed by atoms with van der Waals surface area (Å²) in [4.78, 5) is 7.65. The topological polar surface area (TPSA) is 36.9 Å². The molecule has 0 aliphatic carbocycles. The van der Waals surface area contributed by atoms with Crippen molar-refractivity contribution in [3.63, 3.8) is 0 Å². The maximum atomic E-state index is 5.02. The first-order valence-corrected chi connectivity index (χ1v) is 7.47. The minimum absolute atomic E-state index is 0. The number of guanidine groups is 1. The number of hydrogen-bond donors (Lipinski definition) is 1. The molecule has 1 aromatic carbocycles. The number of hydrogen-bond acceptors (Lipinski definition) is 3. The van der Waals surface area contributed by atoms with Gasteiger partial charge >= 0.3 is 0 Å². The summed E-state index contributed by atoms with van der Waals surface area (Å²) in [6.45, 7) is 2.27. The minimum Gasteiger partial charge on any atom is -0.383 e. The summed E-state index contributed by atoms with van der Waals surface area (Å²) in [6.07, 6.45) is 2.09. The van der Waals surface area contributed by atoms with Gasteiger partial charge in [-0.3, -0.25) is 4.99 Å². The fourth-order valence-corrected chi connectivity index (χ4v) is 2.14. The van der Waals surface area contributed by atoms with Crippen LogP contribution in [0.3, 0.4) is 0 Å². The maximum Gasteiger partial charge on any atom is 0.193 e. The summed E-state index contributed by atoms with van der Waals surface area (Å²) in [5, 5.41) is 3.26. The first-order valence-electron chi connectivity index (χ1n) is 6.25. The molecular formula is C14H24IN3OS. The molecule has 0 aliphatic rings. The van der Waals surface area contributed by atoms with Gasteiger partial charge in [0.15, 0.2) is 5.96 Å². The van der Waals surface area contributed by atoms with Gasteiger partial charge in [0.2, 0.25) is 0 Å². The lowest BCUT2D eigenvalue weighted by atomic mass is 10.2. The monoisotopic (exact) mass is 409 g/mol. The third kappa shape index (κ3) is 6.81. The predicted octanol–water partition coefficient (Wildman–Crippen LogP) is 2.68. The molecule has 0 heterocycles. The first kappa shape index (κ1) is 19.5. The SMILES string of the molecule is CN=C(NCCOC)N(C)Cc1ccc(SC)cc1.I. The van der Waals surface area contributed by atoms with E-state index in [1.165, 1.54) is 10.5 Å². The Morgan fingerprint density at radius 3 is 2.50 bits per heavy atom. The summed E-state index contributed by atoms with van der Waals surface area (Å²) in [5.41, 5.74) is 1.27. The van der Waals surface area contributed by atoms with Gasteiger partial charge in [-0.15, -0.1) is 35.7 Å². The normalized spacial score (nSPS) is 10.9. The number of benzene rings is 1. The van der Waals surface area contributed by atoms with Gasteiger partial charge in [-0.1, -0.05) is 12.1 Å². The number of thioether (sulfide) groups is 1. The predicted molar refractivity (Wildman–Crippen MR) is 98.3 cm³/mol. The molecule has 0 bridgehead atoms. The van der Waals surface area contributed by atoms with Crippen molar-refractivity contribution in [1.29, 1.82) is 0 Å². The average Bonchev–Trinajstić information content (AvgIpc) is 2.44. The van der Waals surface area contributed by atoms with E-state index in [0.29, 0.717) is 6.61 Å². The number of halogens is 1. The maximum absolute atomic E-state index is 5.02. The summed E-state index contributed by atoms with van der Waals surface area (Å²) in [7, 11) is 5.52. The van der Waals surface area contributed by atoms with Gasteiger partial charge in [-0.05, 0) is 24.0 Å². The zero-order chi connectivity index (χ0) is 14.1. The fraction of sp³-hybridized carbons (Fsp3) is 0.500. The molecule has 0 aromatic heterocycles. The summed E-state index contributed by atoms with van der Waals surface area (Å²) < 4.78 is 5.02. The lowest BCUT2D eigenvalue weighted by Gasteiger charge is -2.22. The van der Waals surface area contributed by atoms with E-state index in [0.717, 1.165) is 19.0 Å². The van der Waals surface area contributed by atoms with Crippen LogP contribution in [0.4, 0.5) is 0 Å². The van der Waals surface area contributed by atoms with Crippen molar-refractivity contribution in [3.05, 3.63) is 29.8 Å². The van der Waals surface area contributed by atoms with Crippen molar-refractivity contribution in [3.8, 4) is 0 Å². The van der Waals surface area contributed by atoms with Crippen LogP contribution in [-0.2, 0) is 11.3 Å². The zero-order valence-corrected chi connectivity index (χ0v) is 15.7. The van der Waals surface area contributed by atoms with Gasteiger partial charge in [0.05, 0.1) is 6.61 Å². The van der Waals surface area contributed by atoms with E-state index in [1.54, 1.807) is 25.9 Å². The number of aliphatic imine (C=N–C) groups is 1. The van der Waals surface area contributed by atoms with E-state index < -0.39 is 0 Å². The molecule has 0 amide bonds. The van der Waals surface area contributed by atoms with Gasteiger partial charge in [0, 0.05) is 39.2 Å². The van der Waals surface area contributed by atoms with Crippen LogP contribution in [0.2, 0.25) is 0 Å². The molecule has 4 nitrogen and oxygen atoms in total. The molecule has 0 spiro atoms. The van der Waals surface area contributed by atoms with E-state index >= 15 is 0 Å². The number of nitrogens with one attached hydrogen (secondary N) is 1. The smallest absolute Gasteiger partial charge is 0.193 e. The van der Waals surface area contributed by atoms with Crippen LogP contribution in [-0.4, -0.2) is 51.5 Å². The molecule has 1 N–H and O–H groups in total. The number of nitrogens with zero attached hydrogens (tertiary/aromatic N) is 2. The van der Waals surface area contributed by atoms with E-state index in [2.05, 4.69) is 45.7 Å². The van der Waals surface area contributed by atoms with E-state index in [4.69, 9.17) is 4.74 Å². The Morgan fingerprint density at radius 1 is 1.35 bits per heavy atom. The van der Waals surface area contributed by atoms with Crippen molar-refractivity contribution >= 4 is 41.7 Å². The lowest BCUT2D eigenvalue weighted by Crippen LogP contribution is -2.39. The van der Waals surface area contributed by atoms with Gasteiger partial charge in [-0.2, -0.15) is 0 Å². The number of rotatable bonds is 6. The Bertz CT molecular complexity index is 398. The molecule has 0 atom stereocenters. The second-order valence-corrected chi connectivity index (χ2v) is 5.05. The lowest BCUT2D eigenvalue weighted by molar-refractivity contribution is 0.203. The first-order chi connectivity index (χ1) is 9.21. The largest absolute Gasteiger partial charge is 0.383 e. The summed E-state index contributed by atoms with van der Waals surface area (Å²) >= 11 is 1.76. The molecule has 114 valence electrons. The summed E-state index contributed by atoms with van der Waals surface area (Å²) in [6, 6.07) is 8.61. The highest BCUT2D eigenvalue weighted by molar-refractivity contribution is 14.0. The molecule has 1 aromatic rings. The molecule has 0 saturated carbocycles. The van der Waals surface area contributed by atoms with Crippen LogP contribution in [0.5, 0.6) is 0 Å². The van der Waals surface area contributed by atoms with Crippen molar-refractivity contribution in [2.24, 2.45) is 4.99 Å². The van der Waals surface area contributed by atoms with Gasteiger partial charge in [-0.25, -0.2) is 0 Å². The highest BCUT2D eigenvalue weighted by atomic mass is 127. The van der Waals surface area contributed by atoms with Gasteiger partial charge in [0.1, 0.15) is 0 Å². The fourth-order valence-electron chi connectivity index (χ4n) is 1.73. The Kier molecular flexibility index (Phi) is 11.0. The standard InChI is InChI=1S/C14H23N3OS.HI/c1-15-14(16-9-10-18-3)17(2)11-12-5-7-13(19-4)8-6-12;/h5-8H,9-11H2,1-4H3,(H,15,16);1H. The Labute approximate surface area is 143 Å². The van der Waals surface area contributed by atoms with Crippen LogP contribution in [0, 0.1) is 0 Å².